The third-order valence-corrected chi connectivity index (χ3v) is 5.98. The first-order valence-corrected chi connectivity index (χ1v) is 11.2. The third-order valence-electron chi connectivity index (χ3n) is 4.73. The number of nitriles is 1. The lowest BCUT2D eigenvalue weighted by molar-refractivity contribution is -0.116. The monoisotopic (exact) mass is 496 g/mol. The normalized spacial score (nSPS) is 10.9. The van der Waals surface area contributed by atoms with Crippen molar-refractivity contribution in [2.75, 3.05) is 24.4 Å². The van der Waals surface area contributed by atoms with Crippen LogP contribution >= 0.6 is 22.9 Å². The Labute approximate surface area is 206 Å². The second-order valence-electron chi connectivity index (χ2n) is 7.03. The molecule has 3 rings (SSSR count). The number of amides is 2. The van der Waals surface area contributed by atoms with Crippen molar-refractivity contribution in [1.82, 2.24) is 4.98 Å². The molecule has 0 aliphatic carbocycles. The van der Waals surface area contributed by atoms with E-state index in [1.165, 1.54) is 36.3 Å². The van der Waals surface area contributed by atoms with Crippen LogP contribution in [0.4, 0.5) is 16.5 Å². The molecule has 0 bridgehead atoms. The number of hydrogen-bond donors (Lipinski definition) is 1. The molecular weight excluding hydrogens is 476 g/mol. The van der Waals surface area contributed by atoms with Crippen molar-refractivity contribution in [1.29, 1.82) is 5.26 Å². The molecule has 8 nitrogen and oxygen atoms in total. The summed E-state index contributed by atoms with van der Waals surface area (Å²) in [5, 5.41) is 14.8. The van der Waals surface area contributed by atoms with E-state index in [1.54, 1.807) is 55.8 Å². The number of hydrogen-bond acceptors (Lipinski definition) is 7. The number of carbonyl (C=O) groups is 2. The van der Waals surface area contributed by atoms with Gasteiger partial charge in [0.2, 0.25) is 5.91 Å². The zero-order chi connectivity index (χ0) is 24.8. The Morgan fingerprint density at radius 2 is 1.91 bits per heavy atom. The molecule has 0 aliphatic rings. The molecule has 1 aromatic heterocycles. The van der Waals surface area contributed by atoms with E-state index in [-0.39, 0.29) is 11.5 Å². The van der Waals surface area contributed by atoms with Crippen molar-refractivity contribution in [2.24, 2.45) is 0 Å². The van der Waals surface area contributed by atoms with Gasteiger partial charge in [-0.15, -0.1) is 11.3 Å². The quantitative estimate of drug-likeness (QED) is 0.349. The highest BCUT2D eigenvalue weighted by atomic mass is 35.5. The number of benzene rings is 2. The lowest BCUT2D eigenvalue weighted by Crippen LogP contribution is -2.22. The third kappa shape index (κ3) is 5.54. The van der Waals surface area contributed by atoms with E-state index in [9.17, 15) is 14.9 Å². The van der Waals surface area contributed by atoms with E-state index >= 15 is 0 Å². The Kier molecular flexibility index (Phi) is 7.89. The van der Waals surface area contributed by atoms with Crippen LogP contribution in [0, 0.1) is 18.3 Å². The molecule has 0 radical (unpaired) electrons. The van der Waals surface area contributed by atoms with Gasteiger partial charge in [-0.1, -0.05) is 11.6 Å². The number of ether oxygens (including phenoxy) is 2. The number of aryl methyl sites for hydroxylation is 1. The Morgan fingerprint density at radius 1 is 1.21 bits per heavy atom. The SMILES string of the molecule is COc1ccc(N(C(C)=O)c2nc(/C=C(/C#N)C(=O)Nc3cc(C)c(Cl)cc3OC)cs2)cc1. The van der Waals surface area contributed by atoms with Gasteiger partial charge in [-0.05, 0) is 48.9 Å². The Hall–Kier alpha value is -3.87. The van der Waals surface area contributed by atoms with Crippen molar-refractivity contribution in [3.05, 3.63) is 63.6 Å². The topological polar surface area (TPSA) is 105 Å². The number of anilines is 3. The maximum atomic E-state index is 12.8. The van der Waals surface area contributed by atoms with E-state index in [0.29, 0.717) is 38.7 Å². The zero-order valence-corrected chi connectivity index (χ0v) is 20.5. The summed E-state index contributed by atoms with van der Waals surface area (Å²) >= 11 is 7.32. The fourth-order valence-corrected chi connectivity index (χ4v) is 4.02. The van der Waals surface area contributed by atoms with Crippen molar-refractivity contribution in [3.63, 3.8) is 0 Å². The highest BCUT2D eigenvalue weighted by molar-refractivity contribution is 7.14. The van der Waals surface area contributed by atoms with Crippen molar-refractivity contribution >= 4 is 57.3 Å². The predicted molar refractivity (Wildman–Crippen MR) is 133 cm³/mol. The Bertz CT molecular complexity index is 1300. The number of methoxy groups -OCH3 is 2. The summed E-state index contributed by atoms with van der Waals surface area (Å²) in [6.45, 7) is 3.22. The maximum absolute atomic E-state index is 12.8. The van der Waals surface area contributed by atoms with Gasteiger partial charge < -0.3 is 14.8 Å². The second-order valence-corrected chi connectivity index (χ2v) is 8.28. The number of carbonyl (C=O) groups excluding carboxylic acids is 2. The first-order valence-electron chi connectivity index (χ1n) is 9.95. The molecule has 0 aliphatic heterocycles. The summed E-state index contributed by atoms with van der Waals surface area (Å²) in [5.74, 6) is 0.162. The Morgan fingerprint density at radius 3 is 2.50 bits per heavy atom. The molecule has 34 heavy (non-hydrogen) atoms. The van der Waals surface area contributed by atoms with Gasteiger partial charge >= 0.3 is 0 Å². The fourth-order valence-electron chi connectivity index (χ4n) is 3.02. The smallest absolute Gasteiger partial charge is 0.266 e. The fraction of sp³-hybridized carbons (Fsp3) is 0.167. The standard InChI is InChI=1S/C24H21ClN4O4S/c1-14-9-21(22(33-4)11-20(14)25)28-23(31)16(12-26)10-17-13-34-24(27-17)29(15(2)30)18-5-7-19(32-3)8-6-18/h5-11,13H,1-4H3,(H,28,31)/b16-10-. The average Bonchev–Trinajstić information content (AvgIpc) is 3.27. The summed E-state index contributed by atoms with van der Waals surface area (Å²) in [6, 6.07) is 12.1. The van der Waals surface area contributed by atoms with Crippen LogP contribution in [0.2, 0.25) is 5.02 Å². The molecule has 0 saturated heterocycles. The van der Waals surface area contributed by atoms with Gasteiger partial charge in [-0.2, -0.15) is 5.26 Å². The predicted octanol–water partition coefficient (Wildman–Crippen LogP) is 5.35. The van der Waals surface area contributed by atoms with Crippen LogP contribution in [0.15, 0.2) is 47.4 Å². The minimum atomic E-state index is -0.629. The molecule has 0 atom stereocenters. The molecule has 0 saturated carbocycles. The second kappa shape index (κ2) is 10.8. The zero-order valence-electron chi connectivity index (χ0n) is 18.9. The molecule has 2 amide bonds. The molecule has 0 spiro atoms. The van der Waals surface area contributed by atoms with E-state index in [0.717, 1.165) is 5.56 Å². The van der Waals surface area contributed by atoms with E-state index in [1.807, 2.05) is 6.07 Å². The van der Waals surface area contributed by atoms with Gasteiger partial charge in [-0.3, -0.25) is 14.5 Å². The van der Waals surface area contributed by atoms with Gasteiger partial charge in [0, 0.05) is 23.4 Å². The van der Waals surface area contributed by atoms with Gasteiger partial charge in [0.15, 0.2) is 5.13 Å². The van der Waals surface area contributed by atoms with E-state index in [4.69, 9.17) is 21.1 Å². The van der Waals surface area contributed by atoms with E-state index < -0.39 is 5.91 Å². The van der Waals surface area contributed by atoms with Crippen LogP contribution in [-0.2, 0) is 9.59 Å². The highest BCUT2D eigenvalue weighted by Gasteiger charge is 2.19. The van der Waals surface area contributed by atoms with Gasteiger partial charge in [0.05, 0.1) is 31.3 Å². The molecule has 10 heteroatoms. The molecule has 0 fully saturated rings. The first kappa shape index (κ1) is 24.8. The largest absolute Gasteiger partial charge is 0.497 e. The maximum Gasteiger partial charge on any atom is 0.266 e. The average molecular weight is 497 g/mol. The minimum Gasteiger partial charge on any atom is -0.497 e. The van der Waals surface area contributed by atoms with Crippen LogP contribution in [0.25, 0.3) is 6.08 Å². The van der Waals surface area contributed by atoms with Crippen LogP contribution in [0.3, 0.4) is 0 Å². The number of thiazole rings is 1. The molecular formula is C24H21ClN4O4S. The molecule has 174 valence electrons. The summed E-state index contributed by atoms with van der Waals surface area (Å²) < 4.78 is 10.4. The Balaban J connectivity index is 1.87. The molecule has 0 unspecified atom stereocenters. The lowest BCUT2D eigenvalue weighted by atomic mass is 10.1. The summed E-state index contributed by atoms with van der Waals surface area (Å²) in [7, 11) is 3.02. The lowest BCUT2D eigenvalue weighted by Gasteiger charge is -2.18. The summed E-state index contributed by atoms with van der Waals surface area (Å²) in [6.07, 6.45) is 1.36. The highest BCUT2D eigenvalue weighted by Crippen LogP contribution is 2.32. The minimum absolute atomic E-state index is 0.162. The number of rotatable bonds is 7. The van der Waals surface area contributed by atoms with Crippen LogP contribution in [0.5, 0.6) is 11.5 Å². The van der Waals surface area contributed by atoms with Crippen molar-refractivity contribution < 1.29 is 19.1 Å². The van der Waals surface area contributed by atoms with Crippen LogP contribution < -0.4 is 19.7 Å². The molecule has 2 aromatic carbocycles. The van der Waals surface area contributed by atoms with Crippen LogP contribution in [0.1, 0.15) is 18.2 Å². The summed E-state index contributed by atoms with van der Waals surface area (Å²) in [5.41, 5.74) is 1.95. The molecule has 1 heterocycles. The van der Waals surface area contributed by atoms with Gasteiger partial charge in [-0.25, -0.2) is 4.98 Å². The van der Waals surface area contributed by atoms with E-state index in [2.05, 4.69) is 10.3 Å². The van der Waals surface area contributed by atoms with Crippen molar-refractivity contribution in [2.45, 2.75) is 13.8 Å². The van der Waals surface area contributed by atoms with Gasteiger partial charge in [0.1, 0.15) is 23.1 Å². The summed E-state index contributed by atoms with van der Waals surface area (Å²) in [4.78, 5) is 30.9. The molecule has 1 N–H and O–H groups in total. The number of aromatic nitrogens is 1. The van der Waals surface area contributed by atoms with Gasteiger partial charge in [0.25, 0.3) is 5.91 Å². The van der Waals surface area contributed by atoms with Crippen molar-refractivity contribution in [3.8, 4) is 17.6 Å². The first-order chi connectivity index (χ1) is 16.3. The molecule has 3 aromatic rings. The number of halogens is 1. The van der Waals surface area contributed by atoms with Crippen LogP contribution in [-0.4, -0.2) is 31.0 Å². The number of nitrogens with zero attached hydrogens (tertiary/aromatic N) is 3. The number of nitrogens with one attached hydrogen (secondary N) is 1.